The van der Waals surface area contributed by atoms with Gasteiger partial charge in [0.25, 0.3) is 0 Å². The molecular formula is C3H10K. The van der Waals surface area contributed by atoms with Crippen LogP contribution >= 0.6 is 0 Å². The van der Waals surface area contributed by atoms with E-state index in [9.17, 15) is 0 Å². The maximum absolute atomic E-state index is 2.00. The van der Waals surface area contributed by atoms with E-state index in [1.165, 1.54) is 0 Å². The minimum absolute atomic E-state index is 0. The molecule has 0 saturated carbocycles. The van der Waals surface area contributed by atoms with E-state index in [2.05, 4.69) is 0 Å². The van der Waals surface area contributed by atoms with Crippen molar-refractivity contribution in [1.29, 1.82) is 0 Å². The molecule has 0 bridgehead atoms. The van der Waals surface area contributed by atoms with E-state index < -0.39 is 0 Å². The van der Waals surface area contributed by atoms with E-state index >= 15 is 0 Å². The zero-order valence-electron chi connectivity index (χ0n) is 3.00. The van der Waals surface area contributed by atoms with E-state index in [1.807, 2.05) is 13.8 Å². The average Bonchev–Trinajstić information content (AvgIpc) is 1.00. The van der Waals surface area contributed by atoms with Crippen LogP contribution < -0.4 is 0 Å². The number of rotatable bonds is 0. The molecule has 0 spiro atoms. The van der Waals surface area contributed by atoms with Crippen molar-refractivity contribution in [3.8, 4) is 0 Å². The van der Waals surface area contributed by atoms with Crippen molar-refractivity contribution in [2.24, 2.45) is 0 Å². The topological polar surface area (TPSA) is 0 Å². The molecule has 0 aliphatic heterocycles. The van der Waals surface area contributed by atoms with Gasteiger partial charge < -0.3 is 0 Å². The van der Waals surface area contributed by atoms with Gasteiger partial charge in [0.15, 0.2) is 0 Å². The summed E-state index contributed by atoms with van der Waals surface area (Å²) >= 11 is 0. The van der Waals surface area contributed by atoms with Crippen LogP contribution in [0.1, 0.15) is 21.3 Å². The third-order valence-corrected chi connectivity index (χ3v) is 0. The van der Waals surface area contributed by atoms with Crippen LogP contribution in [0.5, 0.6) is 0 Å². The summed E-state index contributed by atoms with van der Waals surface area (Å²) in [5.41, 5.74) is 0. The third kappa shape index (κ3) is 9.44. The van der Waals surface area contributed by atoms with Crippen LogP contribution in [-0.2, 0) is 0 Å². The number of hydrogen-bond donors (Lipinski definition) is 0. The first-order chi connectivity index (χ1) is 1.00. The van der Waals surface area contributed by atoms with E-state index in [0.717, 1.165) is 0 Å². The molecule has 4 heavy (non-hydrogen) atoms. The van der Waals surface area contributed by atoms with Crippen molar-refractivity contribution in [2.45, 2.75) is 21.3 Å². The molecule has 0 heterocycles. The third-order valence-electron chi connectivity index (χ3n) is 0. The first kappa shape index (κ1) is 17.4. The van der Waals surface area contributed by atoms with E-state index in [-0.39, 0.29) is 58.8 Å². The van der Waals surface area contributed by atoms with Crippen molar-refractivity contribution in [2.75, 3.05) is 0 Å². The molecule has 0 atom stereocenters. The van der Waals surface area contributed by atoms with Gasteiger partial charge in [0.2, 0.25) is 0 Å². The van der Waals surface area contributed by atoms with Crippen LogP contribution in [-0.4, -0.2) is 51.4 Å². The van der Waals surface area contributed by atoms with Gasteiger partial charge in [-0.2, -0.15) is 0 Å². The van der Waals surface area contributed by atoms with Crippen molar-refractivity contribution in [1.82, 2.24) is 0 Å². The van der Waals surface area contributed by atoms with Crippen molar-refractivity contribution < 1.29 is 0 Å². The second-order valence-corrected chi connectivity index (χ2v) is 0. The summed E-state index contributed by atoms with van der Waals surface area (Å²) in [5.74, 6) is 0. The van der Waals surface area contributed by atoms with Gasteiger partial charge in [0.1, 0.15) is 0 Å². The molecule has 0 nitrogen and oxygen atoms in total. The summed E-state index contributed by atoms with van der Waals surface area (Å²) in [5, 5.41) is 0. The van der Waals surface area contributed by atoms with E-state index in [1.54, 1.807) is 0 Å². The van der Waals surface area contributed by atoms with Gasteiger partial charge >= 0.3 is 0 Å². The Morgan fingerprint density at radius 1 is 1.00 bits per heavy atom. The predicted molar refractivity (Wildman–Crippen MR) is 23.8 cm³/mol. The summed E-state index contributed by atoms with van der Waals surface area (Å²) in [6.07, 6.45) is 0. The fourth-order valence-electron chi connectivity index (χ4n) is 0. The molecule has 0 unspecified atom stereocenters. The molecule has 0 aromatic rings. The Labute approximate surface area is 71.4 Å². The standard InChI is InChI=1S/C2H6.CH4.K/c1-2;;/h1-2H3;1H4;. The maximum atomic E-state index is 2.00. The Morgan fingerprint density at radius 2 is 1.00 bits per heavy atom. The molecule has 0 aliphatic rings. The molecule has 1 radical (unpaired) electrons. The minimum Gasteiger partial charge on any atom is -0.0776 e. The Hall–Kier alpha value is 1.64. The zero-order chi connectivity index (χ0) is 2.00. The Morgan fingerprint density at radius 3 is 1.00 bits per heavy atom. The van der Waals surface area contributed by atoms with Gasteiger partial charge in [-0.25, -0.2) is 0 Å². The first-order valence-corrected chi connectivity index (χ1v) is 1.00. The van der Waals surface area contributed by atoms with E-state index in [4.69, 9.17) is 0 Å². The zero-order valence-corrected chi connectivity index (χ0v) is 6.12. The molecule has 0 saturated heterocycles. The molecule has 0 fully saturated rings. The van der Waals surface area contributed by atoms with Gasteiger partial charge in [-0.05, 0) is 0 Å². The monoisotopic (exact) mass is 85.0 g/mol. The maximum Gasteiger partial charge on any atom is 0 e. The summed E-state index contributed by atoms with van der Waals surface area (Å²) in [6, 6.07) is 0. The molecule has 0 aromatic heterocycles. The largest absolute Gasteiger partial charge is 0.0776 e. The first-order valence-electron chi connectivity index (χ1n) is 1.00. The molecule has 23 valence electrons. The Kier molecular flexibility index (Phi) is 99.8. The van der Waals surface area contributed by atoms with Gasteiger partial charge in [-0.1, -0.05) is 21.3 Å². The molecule has 0 aromatic carbocycles. The van der Waals surface area contributed by atoms with Gasteiger partial charge in [0.05, 0.1) is 0 Å². The van der Waals surface area contributed by atoms with Crippen LogP contribution in [0.4, 0.5) is 0 Å². The molecule has 0 N–H and O–H groups in total. The summed E-state index contributed by atoms with van der Waals surface area (Å²) in [7, 11) is 0. The fourth-order valence-corrected chi connectivity index (χ4v) is 0. The van der Waals surface area contributed by atoms with Gasteiger partial charge in [0, 0.05) is 51.4 Å². The van der Waals surface area contributed by atoms with Crippen LogP contribution in [0.3, 0.4) is 0 Å². The van der Waals surface area contributed by atoms with Crippen molar-refractivity contribution in [3.63, 3.8) is 0 Å². The summed E-state index contributed by atoms with van der Waals surface area (Å²) in [6.45, 7) is 4.00. The van der Waals surface area contributed by atoms with Gasteiger partial charge in [-0.15, -0.1) is 0 Å². The van der Waals surface area contributed by atoms with Gasteiger partial charge in [-0.3, -0.25) is 0 Å². The second-order valence-electron chi connectivity index (χ2n) is 0. The second kappa shape index (κ2) is 22.9. The van der Waals surface area contributed by atoms with Crippen LogP contribution in [0.25, 0.3) is 0 Å². The number of hydrogen-bond acceptors (Lipinski definition) is 0. The summed E-state index contributed by atoms with van der Waals surface area (Å²) < 4.78 is 0. The molecule has 0 amide bonds. The molecule has 1 heteroatoms. The van der Waals surface area contributed by atoms with Crippen molar-refractivity contribution >= 4 is 51.4 Å². The smallest absolute Gasteiger partial charge is 0 e. The van der Waals surface area contributed by atoms with Crippen molar-refractivity contribution in [3.05, 3.63) is 0 Å². The molecular weight excluding hydrogens is 75.1 g/mol. The average molecular weight is 85.2 g/mol. The quantitative estimate of drug-likeness (QED) is 0.389. The Balaban J connectivity index is -0.00000000500. The normalized spacial score (nSPS) is 1.50. The van der Waals surface area contributed by atoms with E-state index in [0.29, 0.717) is 0 Å². The Bertz CT molecular complexity index is 3.25. The van der Waals surface area contributed by atoms with Crippen LogP contribution in [0.15, 0.2) is 0 Å². The summed E-state index contributed by atoms with van der Waals surface area (Å²) in [4.78, 5) is 0. The SMILES string of the molecule is C.CC.[K]. The predicted octanol–water partition coefficient (Wildman–Crippen LogP) is 1.28. The molecule has 0 rings (SSSR count). The molecule has 0 aliphatic carbocycles. The minimum atomic E-state index is 0. The fraction of sp³-hybridized carbons (Fsp3) is 1.00. The van der Waals surface area contributed by atoms with Crippen LogP contribution in [0.2, 0.25) is 0 Å². The van der Waals surface area contributed by atoms with Crippen LogP contribution in [0, 0.1) is 0 Å².